The van der Waals surface area contributed by atoms with Crippen molar-refractivity contribution in [3.8, 4) is 11.5 Å². The quantitative estimate of drug-likeness (QED) is 0.200. The predicted octanol–water partition coefficient (Wildman–Crippen LogP) is 5.10. The Hall–Kier alpha value is -4.12. The van der Waals surface area contributed by atoms with Crippen molar-refractivity contribution in [2.75, 3.05) is 7.11 Å². The van der Waals surface area contributed by atoms with Gasteiger partial charge in [-0.3, -0.25) is 9.59 Å². The number of carbonyl (C=O) groups excluding carboxylic acids is 4. The first-order valence-corrected chi connectivity index (χ1v) is 16.0. The van der Waals surface area contributed by atoms with Gasteiger partial charge >= 0.3 is 17.9 Å². The molecule has 1 aromatic carbocycles. The van der Waals surface area contributed by atoms with Crippen LogP contribution in [-0.2, 0) is 38.1 Å². The average molecular weight is 649 g/mol. The first kappa shape index (κ1) is 31.5. The van der Waals surface area contributed by atoms with Gasteiger partial charge in [0.2, 0.25) is 0 Å². The molecule has 5 fully saturated rings. The number of carbonyl (C=O) groups is 4. The second-order valence-electron chi connectivity index (χ2n) is 14.8. The van der Waals surface area contributed by atoms with Gasteiger partial charge in [-0.1, -0.05) is 19.9 Å². The maximum absolute atomic E-state index is 14.7. The van der Waals surface area contributed by atoms with Crippen molar-refractivity contribution in [1.82, 2.24) is 0 Å². The van der Waals surface area contributed by atoms with E-state index >= 15 is 0 Å². The molecule has 1 unspecified atom stereocenters. The number of hydrogen-bond acceptors (Lipinski definition) is 11. The Morgan fingerprint density at radius 2 is 1.79 bits per heavy atom. The van der Waals surface area contributed by atoms with Gasteiger partial charge in [-0.05, 0) is 69.4 Å². The fourth-order valence-electron chi connectivity index (χ4n) is 10.2. The van der Waals surface area contributed by atoms with Crippen LogP contribution in [0.3, 0.4) is 0 Å². The lowest BCUT2D eigenvalue weighted by molar-refractivity contribution is -0.233. The fraction of sp³-hybridized carbons (Fsp3) is 0.556. The van der Waals surface area contributed by atoms with Gasteiger partial charge in [-0.2, -0.15) is 0 Å². The Bertz CT molecular complexity index is 1690. The Labute approximate surface area is 272 Å². The zero-order valence-electron chi connectivity index (χ0n) is 27.4. The molecule has 0 bridgehead atoms. The van der Waals surface area contributed by atoms with Gasteiger partial charge in [0.15, 0.2) is 17.6 Å². The van der Waals surface area contributed by atoms with Gasteiger partial charge in [0.1, 0.15) is 29.2 Å². The molecule has 0 amide bonds. The van der Waals surface area contributed by atoms with E-state index in [0.717, 1.165) is 0 Å². The first-order chi connectivity index (χ1) is 22.1. The molecule has 3 saturated heterocycles. The summed E-state index contributed by atoms with van der Waals surface area (Å²) >= 11 is 0. The molecule has 11 heteroatoms. The van der Waals surface area contributed by atoms with E-state index in [2.05, 4.69) is 0 Å². The van der Waals surface area contributed by atoms with E-state index in [-0.39, 0.29) is 30.1 Å². The van der Waals surface area contributed by atoms with Crippen molar-refractivity contribution in [2.24, 2.45) is 28.1 Å². The number of hydrogen-bond donors (Lipinski definition) is 1. The van der Waals surface area contributed by atoms with E-state index in [0.29, 0.717) is 24.0 Å². The highest BCUT2D eigenvalue weighted by Gasteiger charge is 2.88. The van der Waals surface area contributed by atoms with Crippen LogP contribution in [0.1, 0.15) is 77.5 Å². The number of methoxy groups -OCH3 is 1. The van der Waals surface area contributed by atoms with E-state index in [1.54, 1.807) is 38.3 Å². The summed E-state index contributed by atoms with van der Waals surface area (Å²) in [5.41, 5.74) is -3.78. The van der Waals surface area contributed by atoms with Gasteiger partial charge in [0.25, 0.3) is 0 Å². The lowest BCUT2D eigenvalue weighted by atomic mass is 9.37. The van der Waals surface area contributed by atoms with Crippen LogP contribution in [0.2, 0.25) is 0 Å². The predicted molar refractivity (Wildman–Crippen MR) is 164 cm³/mol. The molecule has 47 heavy (non-hydrogen) atoms. The molecule has 9 atom stereocenters. The van der Waals surface area contributed by atoms with Gasteiger partial charge < -0.3 is 33.2 Å². The Kier molecular flexibility index (Phi) is 6.82. The summed E-state index contributed by atoms with van der Waals surface area (Å²) in [6.45, 7) is 9.52. The second-order valence-corrected chi connectivity index (χ2v) is 14.8. The number of esters is 3. The number of phenolic OH excluding ortho intramolecular Hbond substituents is 1. The monoisotopic (exact) mass is 648 g/mol. The fourth-order valence-corrected chi connectivity index (χ4v) is 10.2. The third-order valence-electron chi connectivity index (χ3n) is 12.4. The minimum atomic E-state index is -1.18. The lowest BCUT2D eigenvalue weighted by Crippen LogP contribution is -2.72. The molecule has 1 N–H and O–H groups in total. The second kappa shape index (κ2) is 10.2. The number of fused-ring (bicyclic) bond motifs is 3. The number of cyclic esters (lactones) is 2. The Morgan fingerprint density at radius 3 is 2.49 bits per heavy atom. The van der Waals surface area contributed by atoms with Crippen molar-refractivity contribution in [2.45, 2.75) is 89.8 Å². The van der Waals surface area contributed by atoms with E-state index in [1.807, 2.05) is 20.8 Å². The van der Waals surface area contributed by atoms with Crippen molar-refractivity contribution < 1.29 is 52.4 Å². The van der Waals surface area contributed by atoms with Crippen LogP contribution in [0, 0.1) is 28.1 Å². The number of rotatable bonds is 5. The number of furan rings is 1. The Morgan fingerprint density at radius 1 is 1.02 bits per heavy atom. The van der Waals surface area contributed by atoms with Gasteiger partial charge in [0, 0.05) is 34.8 Å². The number of Topliss-reactive ketones (excluding diaryl/α,β-unsaturated/α-hetero) is 1. The SMILES string of the molecule is COc1cc(C=CC(=O)O[C@H]2CC(=O)OC(C)(C)[C@@H]3CC(=O)[C@]4(C)C(CC[C@@]5(C)[C@H](c6ccoc6)OC(=O)[C@H]6O[C@]654)[C@@]23C)ccc1O. The molecule has 2 aliphatic carbocycles. The third-order valence-corrected chi connectivity index (χ3v) is 12.4. The number of phenols is 1. The maximum Gasteiger partial charge on any atom is 0.339 e. The highest BCUT2D eigenvalue weighted by molar-refractivity contribution is 5.93. The molecule has 1 spiro atoms. The van der Waals surface area contributed by atoms with Crippen LogP contribution >= 0.6 is 0 Å². The molecular formula is C36H40O11. The van der Waals surface area contributed by atoms with Gasteiger partial charge in [-0.25, -0.2) is 9.59 Å². The van der Waals surface area contributed by atoms with Crippen LogP contribution in [0.25, 0.3) is 6.08 Å². The molecule has 0 radical (unpaired) electrons. The molecule has 11 nitrogen and oxygen atoms in total. The van der Waals surface area contributed by atoms with Crippen LogP contribution in [0.5, 0.6) is 11.5 Å². The molecule has 2 aromatic rings. The zero-order valence-corrected chi connectivity index (χ0v) is 27.4. The molecule has 5 aliphatic rings. The maximum atomic E-state index is 14.7. The summed E-state index contributed by atoms with van der Waals surface area (Å²) in [4.78, 5) is 54.9. The number of ether oxygens (including phenoxy) is 5. The Balaban J connectivity index is 1.29. The van der Waals surface area contributed by atoms with E-state index in [9.17, 15) is 24.3 Å². The summed E-state index contributed by atoms with van der Waals surface area (Å²) < 4.78 is 35.1. The number of epoxide rings is 1. The molecule has 4 heterocycles. The van der Waals surface area contributed by atoms with Crippen LogP contribution < -0.4 is 4.74 Å². The highest BCUT2D eigenvalue weighted by Crippen LogP contribution is 2.78. The topological polar surface area (TPSA) is 151 Å². The molecule has 1 aromatic heterocycles. The highest BCUT2D eigenvalue weighted by atomic mass is 16.7. The minimum Gasteiger partial charge on any atom is -0.504 e. The average Bonchev–Trinajstić information content (AvgIpc) is 3.60. The van der Waals surface area contributed by atoms with Crippen molar-refractivity contribution >= 4 is 29.8 Å². The zero-order chi connectivity index (χ0) is 33.7. The van der Waals surface area contributed by atoms with Gasteiger partial charge in [0.05, 0.1) is 31.5 Å². The minimum absolute atomic E-state index is 0.0343. The largest absolute Gasteiger partial charge is 0.504 e. The van der Waals surface area contributed by atoms with Crippen LogP contribution in [-0.4, -0.2) is 59.3 Å². The van der Waals surface area contributed by atoms with Crippen LogP contribution in [0.4, 0.5) is 0 Å². The summed E-state index contributed by atoms with van der Waals surface area (Å²) in [5.74, 6) is -2.50. The number of aromatic hydroxyl groups is 1. The smallest absolute Gasteiger partial charge is 0.339 e. The third kappa shape index (κ3) is 4.14. The van der Waals surface area contributed by atoms with Gasteiger partial charge in [-0.15, -0.1) is 0 Å². The summed E-state index contributed by atoms with van der Waals surface area (Å²) in [6, 6.07) is 6.43. The summed E-state index contributed by atoms with van der Waals surface area (Å²) in [6.07, 6.45) is 4.26. The summed E-state index contributed by atoms with van der Waals surface area (Å²) in [5, 5.41) is 9.93. The molecule has 7 rings (SSSR count). The molecule has 2 saturated carbocycles. The van der Waals surface area contributed by atoms with E-state index in [1.165, 1.54) is 31.6 Å². The van der Waals surface area contributed by atoms with E-state index in [4.69, 9.17) is 28.1 Å². The number of benzene rings is 1. The standard InChI is InChI=1S/C36H40O11/c1-32(2)24-16-25(38)35(5)23(11-13-33(3)29(20-12-14-43-18-20)45-31(41)30-36(33,35)47-30)34(24,4)26(17-28(40)46-32)44-27(39)10-8-19-7-9-21(37)22(15-19)42-6/h7-10,12,14-15,18,23-24,26,29-30,37H,11,13,16-17H2,1-6H3/t23?,24-,26-,29-,30+,33-,34+,35-,36+/m0/s1. The normalized spacial score (nSPS) is 40.1. The lowest BCUT2D eigenvalue weighted by Gasteiger charge is -2.66. The number of ketones is 1. The molecule has 250 valence electrons. The van der Waals surface area contributed by atoms with Crippen LogP contribution in [0.15, 0.2) is 47.3 Å². The first-order valence-electron chi connectivity index (χ1n) is 16.0. The van der Waals surface area contributed by atoms with Crippen molar-refractivity contribution in [3.63, 3.8) is 0 Å². The van der Waals surface area contributed by atoms with Crippen molar-refractivity contribution in [3.05, 3.63) is 54.0 Å². The van der Waals surface area contributed by atoms with E-state index < -0.39 is 75.5 Å². The summed E-state index contributed by atoms with van der Waals surface area (Å²) in [7, 11) is 1.43. The molecular weight excluding hydrogens is 608 g/mol. The van der Waals surface area contributed by atoms with Crippen molar-refractivity contribution in [1.29, 1.82) is 0 Å². The molecule has 3 aliphatic heterocycles.